The maximum Gasteiger partial charge on any atom is 0.0563 e. The molecule has 0 heterocycles. The summed E-state index contributed by atoms with van der Waals surface area (Å²) >= 11 is 0. The van der Waals surface area contributed by atoms with Gasteiger partial charge in [-0.3, -0.25) is 0 Å². The molecule has 128 valence electrons. The van der Waals surface area contributed by atoms with Gasteiger partial charge in [-0.15, -0.1) is 0 Å². The molecule has 0 bridgehead atoms. The van der Waals surface area contributed by atoms with E-state index < -0.39 is 5.60 Å². The lowest BCUT2D eigenvalue weighted by molar-refractivity contribution is 0.102. The molecule has 3 rings (SSSR count). The minimum Gasteiger partial charge on any atom is -0.391 e. The van der Waals surface area contributed by atoms with Gasteiger partial charge in [0.1, 0.15) is 0 Å². The highest BCUT2D eigenvalue weighted by molar-refractivity contribution is 5.33. The summed E-state index contributed by atoms with van der Waals surface area (Å²) in [7, 11) is 0. The van der Waals surface area contributed by atoms with Crippen LogP contribution < -0.4 is 0 Å². The Morgan fingerprint density at radius 2 is 1.36 bits per heavy atom. The van der Waals surface area contributed by atoms with Crippen molar-refractivity contribution in [2.75, 3.05) is 0 Å². The normalized spacial score (nSPS) is 24.5. The van der Waals surface area contributed by atoms with Crippen molar-refractivity contribution in [2.24, 2.45) is 11.8 Å². The van der Waals surface area contributed by atoms with Crippen LogP contribution >= 0.6 is 0 Å². The molecule has 1 fully saturated rings. The second-order valence-electron chi connectivity index (χ2n) is 7.50. The number of aryl methyl sites for hydroxylation is 1. The van der Waals surface area contributed by atoms with Crippen LogP contribution in [0.25, 0.3) is 0 Å². The van der Waals surface area contributed by atoms with Crippen LogP contribution in [-0.2, 0) is 6.42 Å². The molecule has 1 aromatic rings. The Morgan fingerprint density at radius 3 is 1.73 bits per heavy atom. The Morgan fingerprint density at radius 1 is 0.955 bits per heavy atom. The fraction of sp³-hybridized carbons (Fsp3) is 0.714. The van der Waals surface area contributed by atoms with Crippen molar-refractivity contribution in [3.8, 4) is 0 Å². The fourth-order valence-corrected chi connectivity index (χ4v) is 2.28. The Kier molecular flexibility index (Phi) is 9.67. The molecular formula is C21H38O. The topological polar surface area (TPSA) is 20.2 Å². The first kappa shape index (κ1) is 21.2. The fourth-order valence-electron chi connectivity index (χ4n) is 2.28. The minimum atomic E-state index is -0.500. The van der Waals surface area contributed by atoms with E-state index in [0.717, 1.165) is 17.8 Å². The summed E-state index contributed by atoms with van der Waals surface area (Å²) in [5.41, 5.74) is 2.64. The maximum absolute atomic E-state index is 8.52. The summed E-state index contributed by atoms with van der Waals surface area (Å²) in [5, 5.41) is 8.52. The molecule has 1 heteroatoms. The predicted octanol–water partition coefficient (Wildman–Crippen LogP) is 6.20. The highest BCUT2D eigenvalue weighted by Gasteiger charge is 2.26. The molecule has 0 aromatic heterocycles. The van der Waals surface area contributed by atoms with Gasteiger partial charge in [-0.2, -0.15) is 0 Å². The quantitative estimate of drug-likeness (QED) is 0.605. The van der Waals surface area contributed by atoms with Gasteiger partial charge in [0.25, 0.3) is 0 Å². The van der Waals surface area contributed by atoms with E-state index in [0.29, 0.717) is 0 Å². The molecule has 2 aliphatic carbocycles. The second-order valence-corrected chi connectivity index (χ2v) is 7.50. The zero-order valence-corrected chi connectivity index (χ0v) is 16.1. The molecule has 1 aromatic carbocycles. The van der Waals surface area contributed by atoms with Crippen molar-refractivity contribution in [1.82, 2.24) is 0 Å². The van der Waals surface area contributed by atoms with E-state index in [-0.39, 0.29) is 0 Å². The van der Waals surface area contributed by atoms with Gasteiger partial charge >= 0.3 is 0 Å². The Hall–Kier alpha value is -0.820. The van der Waals surface area contributed by atoms with E-state index in [9.17, 15) is 0 Å². The standard InChI is InChI=1S/C10H12.C5H10.C4H10O.C2H6/c1-8-6-7-9-4-2-3-5-10(8)9;1-4-3-5(4)2;1-4(2,3)5;1-2/h2-5,8H,6-7H2,1H3;4-5H,3H2,1-2H3;5H,1-3H3;1-2H3. The van der Waals surface area contributed by atoms with Crippen molar-refractivity contribution < 1.29 is 5.11 Å². The van der Waals surface area contributed by atoms with Gasteiger partial charge in [-0.1, -0.05) is 58.9 Å². The number of fused-ring (bicyclic) bond motifs is 1. The number of hydrogen-bond donors (Lipinski definition) is 1. The van der Waals surface area contributed by atoms with E-state index >= 15 is 0 Å². The molecule has 0 amide bonds. The zero-order chi connectivity index (χ0) is 17.3. The predicted molar refractivity (Wildman–Crippen MR) is 99.4 cm³/mol. The van der Waals surface area contributed by atoms with Gasteiger partial charge in [0.15, 0.2) is 0 Å². The first-order chi connectivity index (χ1) is 10.2. The van der Waals surface area contributed by atoms with Gasteiger partial charge in [-0.25, -0.2) is 0 Å². The smallest absolute Gasteiger partial charge is 0.0563 e. The molecule has 3 atom stereocenters. The van der Waals surface area contributed by atoms with Crippen LogP contribution in [-0.4, -0.2) is 10.7 Å². The highest BCUT2D eigenvalue weighted by atomic mass is 16.3. The first-order valence-corrected chi connectivity index (χ1v) is 8.98. The number of rotatable bonds is 0. The van der Waals surface area contributed by atoms with Crippen LogP contribution in [0.4, 0.5) is 0 Å². The number of aliphatic hydroxyl groups is 1. The monoisotopic (exact) mass is 306 g/mol. The van der Waals surface area contributed by atoms with Gasteiger partial charge in [-0.05, 0) is 68.9 Å². The first-order valence-electron chi connectivity index (χ1n) is 8.98. The minimum absolute atomic E-state index is 0.500. The lowest BCUT2D eigenvalue weighted by Gasteiger charge is -2.04. The van der Waals surface area contributed by atoms with Crippen molar-refractivity contribution in [3.63, 3.8) is 0 Å². The van der Waals surface area contributed by atoms with E-state index in [2.05, 4.69) is 45.0 Å². The molecule has 2 aliphatic rings. The number of hydrogen-bond acceptors (Lipinski definition) is 1. The second kappa shape index (κ2) is 10.0. The van der Waals surface area contributed by atoms with Gasteiger partial charge in [0, 0.05) is 0 Å². The van der Waals surface area contributed by atoms with Gasteiger partial charge < -0.3 is 5.11 Å². The number of benzene rings is 1. The van der Waals surface area contributed by atoms with Gasteiger partial charge in [0.2, 0.25) is 0 Å². The zero-order valence-electron chi connectivity index (χ0n) is 16.1. The summed E-state index contributed by atoms with van der Waals surface area (Å²) < 4.78 is 0. The van der Waals surface area contributed by atoms with Crippen LogP contribution in [0.3, 0.4) is 0 Å². The Balaban J connectivity index is 0.000000314. The Labute approximate surface area is 139 Å². The van der Waals surface area contributed by atoms with Crippen LogP contribution in [0.5, 0.6) is 0 Å². The van der Waals surface area contributed by atoms with Crippen LogP contribution in [0.2, 0.25) is 0 Å². The summed E-state index contributed by atoms with van der Waals surface area (Å²) in [6.07, 6.45) is 4.11. The molecule has 0 aliphatic heterocycles. The molecule has 0 spiro atoms. The summed E-state index contributed by atoms with van der Waals surface area (Å²) in [6, 6.07) is 8.78. The van der Waals surface area contributed by atoms with Crippen molar-refractivity contribution in [2.45, 2.75) is 86.2 Å². The van der Waals surface area contributed by atoms with Crippen LogP contribution in [0, 0.1) is 11.8 Å². The molecule has 3 unspecified atom stereocenters. The SMILES string of the molecule is CC.CC(C)(C)O.CC1CC1C.CC1CCc2ccccc21. The van der Waals surface area contributed by atoms with Crippen LogP contribution in [0.15, 0.2) is 24.3 Å². The average molecular weight is 307 g/mol. The third kappa shape index (κ3) is 10.00. The van der Waals surface area contributed by atoms with E-state index in [1.54, 1.807) is 31.9 Å². The van der Waals surface area contributed by atoms with E-state index in [4.69, 9.17) is 5.11 Å². The van der Waals surface area contributed by atoms with Gasteiger partial charge in [0.05, 0.1) is 5.60 Å². The molecular weight excluding hydrogens is 268 g/mol. The summed E-state index contributed by atoms with van der Waals surface area (Å²) in [4.78, 5) is 0. The maximum atomic E-state index is 8.52. The lowest BCUT2D eigenvalue weighted by Crippen LogP contribution is -2.10. The average Bonchev–Trinajstić information content (AvgIpc) is 2.95. The van der Waals surface area contributed by atoms with Crippen molar-refractivity contribution in [1.29, 1.82) is 0 Å². The van der Waals surface area contributed by atoms with E-state index in [1.807, 2.05) is 13.8 Å². The largest absolute Gasteiger partial charge is 0.391 e. The third-order valence-electron chi connectivity index (χ3n) is 3.94. The molecule has 22 heavy (non-hydrogen) atoms. The van der Waals surface area contributed by atoms with Crippen molar-refractivity contribution >= 4 is 0 Å². The van der Waals surface area contributed by atoms with Crippen molar-refractivity contribution in [3.05, 3.63) is 35.4 Å². The molecule has 1 saturated carbocycles. The summed E-state index contributed by atoms with van der Waals surface area (Å²) in [5.74, 6) is 2.90. The Bertz CT molecular complexity index is 391. The molecule has 0 radical (unpaired) electrons. The molecule has 1 nitrogen and oxygen atoms in total. The van der Waals surface area contributed by atoms with E-state index in [1.165, 1.54) is 19.3 Å². The lowest BCUT2D eigenvalue weighted by atomic mass is 10.0. The van der Waals surface area contributed by atoms with Crippen LogP contribution in [0.1, 0.15) is 85.3 Å². The highest BCUT2D eigenvalue weighted by Crippen LogP contribution is 2.36. The molecule has 1 N–H and O–H groups in total. The molecule has 0 saturated heterocycles. The summed E-state index contributed by atoms with van der Waals surface area (Å²) in [6.45, 7) is 16.1. The third-order valence-corrected chi connectivity index (χ3v) is 3.94.